The number of nitrogen functional groups attached to an aromatic ring is 1. The molecule has 0 bridgehead atoms. The predicted octanol–water partition coefficient (Wildman–Crippen LogP) is 1.86. The van der Waals surface area contributed by atoms with Gasteiger partial charge in [-0.25, -0.2) is 0 Å². The number of carbonyl (C=O) groups excluding carboxylic acids is 2. The molecule has 1 aliphatic carbocycles. The monoisotopic (exact) mass is 276 g/mol. The average molecular weight is 276 g/mol. The van der Waals surface area contributed by atoms with Crippen LogP contribution < -0.4 is 10.5 Å². The van der Waals surface area contributed by atoms with Gasteiger partial charge in [0, 0.05) is 18.3 Å². The van der Waals surface area contributed by atoms with Gasteiger partial charge in [-0.3, -0.25) is 9.59 Å². The Morgan fingerprint density at radius 1 is 1.40 bits per heavy atom. The highest BCUT2D eigenvalue weighted by Crippen LogP contribution is 2.27. The number of likely N-dealkylation sites (N-methyl/N-ethyl adjacent to an activating group) is 1. The van der Waals surface area contributed by atoms with E-state index in [2.05, 4.69) is 0 Å². The number of ether oxygens (including phenoxy) is 1. The summed E-state index contributed by atoms with van der Waals surface area (Å²) < 4.78 is 5.51. The summed E-state index contributed by atoms with van der Waals surface area (Å²) in [4.78, 5) is 25.4. The first-order chi connectivity index (χ1) is 9.52. The normalized spacial score (nSPS) is 13.9. The van der Waals surface area contributed by atoms with Gasteiger partial charge in [-0.05, 0) is 44.9 Å². The summed E-state index contributed by atoms with van der Waals surface area (Å²) in [5.74, 6) is 0.238. The van der Waals surface area contributed by atoms with Crippen LogP contribution in [0.4, 0.5) is 5.69 Å². The zero-order valence-electron chi connectivity index (χ0n) is 11.9. The fourth-order valence-electron chi connectivity index (χ4n) is 2.20. The molecule has 0 unspecified atom stereocenters. The highest BCUT2D eigenvalue weighted by atomic mass is 16.5. The summed E-state index contributed by atoms with van der Waals surface area (Å²) in [5, 5.41) is 0. The molecule has 0 spiro atoms. The van der Waals surface area contributed by atoms with Crippen molar-refractivity contribution < 1.29 is 14.3 Å². The van der Waals surface area contributed by atoms with Gasteiger partial charge in [0.1, 0.15) is 5.75 Å². The molecule has 5 nitrogen and oxygen atoms in total. The first-order valence-electron chi connectivity index (χ1n) is 6.85. The summed E-state index contributed by atoms with van der Waals surface area (Å²) in [6, 6.07) is 5.23. The molecule has 1 aromatic rings. The van der Waals surface area contributed by atoms with E-state index < -0.39 is 0 Å². The number of nitrogens with zero attached hydrogens (tertiary/aromatic N) is 1. The predicted molar refractivity (Wildman–Crippen MR) is 76.8 cm³/mol. The van der Waals surface area contributed by atoms with E-state index in [1.165, 1.54) is 6.92 Å². The number of rotatable bonds is 6. The maximum absolute atomic E-state index is 12.1. The van der Waals surface area contributed by atoms with E-state index in [-0.39, 0.29) is 18.3 Å². The maximum Gasteiger partial charge on any atom is 0.260 e. The van der Waals surface area contributed by atoms with Crippen LogP contribution in [-0.2, 0) is 4.79 Å². The summed E-state index contributed by atoms with van der Waals surface area (Å²) in [6.07, 6.45) is 2.14. The van der Waals surface area contributed by atoms with Crippen LogP contribution in [-0.4, -0.2) is 35.8 Å². The van der Waals surface area contributed by atoms with E-state index in [1.807, 2.05) is 11.8 Å². The Morgan fingerprint density at radius 2 is 2.10 bits per heavy atom. The van der Waals surface area contributed by atoms with E-state index >= 15 is 0 Å². The van der Waals surface area contributed by atoms with Crippen LogP contribution in [0.2, 0.25) is 0 Å². The molecular formula is C15H20N2O3. The summed E-state index contributed by atoms with van der Waals surface area (Å²) in [5.41, 5.74) is 6.57. The molecule has 1 aromatic carbocycles. The molecule has 1 aliphatic rings. The zero-order valence-corrected chi connectivity index (χ0v) is 11.9. The van der Waals surface area contributed by atoms with E-state index in [9.17, 15) is 9.59 Å². The lowest BCUT2D eigenvalue weighted by atomic mass is 10.1. The van der Waals surface area contributed by atoms with Crippen molar-refractivity contribution in [3.05, 3.63) is 23.8 Å². The third kappa shape index (κ3) is 3.29. The summed E-state index contributed by atoms with van der Waals surface area (Å²) in [6.45, 7) is 4.05. The molecule has 2 N–H and O–H groups in total. The van der Waals surface area contributed by atoms with Crippen LogP contribution in [0, 0.1) is 0 Å². The maximum atomic E-state index is 12.1. The number of amides is 1. The van der Waals surface area contributed by atoms with Gasteiger partial charge in [0.2, 0.25) is 0 Å². The number of ketones is 1. The van der Waals surface area contributed by atoms with Crippen LogP contribution in [0.25, 0.3) is 0 Å². The largest absolute Gasteiger partial charge is 0.483 e. The second-order valence-electron chi connectivity index (χ2n) is 5.01. The van der Waals surface area contributed by atoms with Gasteiger partial charge in [-0.15, -0.1) is 0 Å². The van der Waals surface area contributed by atoms with Crippen molar-refractivity contribution in [2.24, 2.45) is 0 Å². The lowest BCUT2D eigenvalue weighted by Crippen LogP contribution is -2.36. The molecule has 0 heterocycles. The SMILES string of the molecule is CCN(C(=O)COc1ccc(N)cc1C(C)=O)C1CC1. The number of carbonyl (C=O) groups is 2. The average Bonchev–Trinajstić information content (AvgIpc) is 3.22. The Bertz CT molecular complexity index is 524. The first kappa shape index (κ1) is 14.4. The Kier molecular flexibility index (Phi) is 4.27. The highest BCUT2D eigenvalue weighted by molar-refractivity contribution is 5.97. The van der Waals surface area contributed by atoms with Gasteiger partial charge in [0.15, 0.2) is 12.4 Å². The first-order valence-corrected chi connectivity index (χ1v) is 6.85. The van der Waals surface area contributed by atoms with Gasteiger partial charge in [0.05, 0.1) is 5.56 Å². The molecule has 0 atom stereocenters. The number of benzene rings is 1. The minimum absolute atomic E-state index is 0.0404. The van der Waals surface area contributed by atoms with Gasteiger partial charge < -0.3 is 15.4 Å². The highest BCUT2D eigenvalue weighted by Gasteiger charge is 2.31. The Labute approximate surface area is 118 Å². The van der Waals surface area contributed by atoms with Gasteiger partial charge >= 0.3 is 0 Å². The third-order valence-electron chi connectivity index (χ3n) is 3.38. The summed E-state index contributed by atoms with van der Waals surface area (Å²) >= 11 is 0. The van der Waals surface area contributed by atoms with E-state index in [0.717, 1.165) is 12.8 Å². The molecule has 0 aromatic heterocycles. The molecule has 20 heavy (non-hydrogen) atoms. The molecule has 108 valence electrons. The fraction of sp³-hybridized carbons (Fsp3) is 0.467. The minimum atomic E-state index is -0.130. The Morgan fingerprint density at radius 3 is 2.65 bits per heavy atom. The molecule has 1 saturated carbocycles. The summed E-state index contributed by atoms with van der Waals surface area (Å²) in [7, 11) is 0. The minimum Gasteiger partial charge on any atom is -0.483 e. The van der Waals surface area contributed by atoms with Crippen LogP contribution in [0.3, 0.4) is 0 Å². The molecule has 5 heteroatoms. The standard InChI is InChI=1S/C15H20N2O3/c1-3-17(12-5-6-12)15(19)9-20-14-7-4-11(16)8-13(14)10(2)18/h4,7-8,12H,3,5-6,9,16H2,1-2H3. The van der Waals surface area contributed by atoms with Crippen molar-refractivity contribution in [3.8, 4) is 5.75 Å². The quantitative estimate of drug-likeness (QED) is 0.636. The number of Topliss-reactive ketones (excluding diaryl/α,β-unsaturated/α-hetero) is 1. The zero-order chi connectivity index (χ0) is 14.7. The number of anilines is 1. The van der Waals surface area contributed by atoms with E-state index in [1.54, 1.807) is 18.2 Å². The lowest BCUT2D eigenvalue weighted by Gasteiger charge is -2.20. The molecular weight excluding hydrogens is 256 g/mol. The molecule has 0 saturated heterocycles. The van der Waals surface area contributed by atoms with Gasteiger partial charge in [-0.2, -0.15) is 0 Å². The van der Waals surface area contributed by atoms with Crippen LogP contribution >= 0.6 is 0 Å². The fourth-order valence-corrected chi connectivity index (χ4v) is 2.20. The molecule has 1 fully saturated rings. The van der Waals surface area contributed by atoms with Crippen molar-refractivity contribution in [2.45, 2.75) is 32.7 Å². The van der Waals surface area contributed by atoms with E-state index in [0.29, 0.717) is 29.6 Å². The van der Waals surface area contributed by atoms with Crippen molar-refractivity contribution in [3.63, 3.8) is 0 Å². The van der Waals surface area contributed by atoms with Crippen molar-refractivity contribution in [1.82, 2.24) is 4.90 Å². The topological polar surface area (TPSA) is 72.6 Å². The van der Waals surface area contributed by atoms with Crippen LogP contribution in [0.15, 0.2) is 18.2 Å². The van der Waals surface area contributed by atoms with Gasteiger partial charge in [0.25, 0.3) is 5.91 Å². The van der Waals surface area contributed by atoms with Crippen molar-refractivity contribution in [2.75, 3.05) is 18.9 Å². The smallest absolute Gasteiger partial charge is 0.260 e. The van der Waals surface area contributed by atoms with Crippen molar-refractivity contribution >= 4 is 17.4 Å². The molecule has 2 rings (SSSR count). The van der Waals surface area contributed by atoms with Crippen molar-refractivity contribution in [1.29, 1.82) is 0 Å². The molecule has 0 aliphatic heterocycles. The lowest BCUT2D eigenvalue weighted by molar-refractivity contribution is -0.133. The van der Waals surface area contributed by atoms with Crippen LogP contribution in [0.5, 0.6) is 5.75 Å². The molecule has 1 amide bonds. The second-order valence-corrected chi connectivity index (χ2v) is 5.01. The molecule has 0 radical (unpaired) electrons. The Balaban J connectivity index is 2.03. The number of nitrogens with two attached hydrogens (primary N) is 1. The van der Waals surface area contributed by atoms with Crippen LogP contribution in [0.1, 0.15) is 37.0 Å². The van der Waals surface area contributed by atoms with E-state index in [4.69, 9.17) is 10.5 Å². The van der Waals surface area contributed by atoms with Gasteiger partial charge in [-0.1, -0.05) is 0 Å². The number of hydrogen-bond donors (Lipinski definition) is 1. The second kappa shape index (κ2) is 5.94. The number of hydrogen-bond acceptors (Lipinski definition) is 4. The third-order valence-corrected chi connectivity index (χ3v) is 3.38. The Hall–Kier alpha value is -2.04.